The number of rotatable bonds is 10. The first-order chi connectivity index (χ1) is 9.08. The van der Waals surface area contributed by atoms with Crippen molar-refractivity contribution in [2.45, 2.75) is 32.4 Å². The van der Waals surface area contributed by atoms with Crippen molar-refractivity contribution in [2.24, 2.45) is 5.16 Å². The Morgan fingerprint density at radius 1 is 1.37 bits per heavy atom. The molecule has 6 nitrogen and oxygen atoms in total. The lowest BCUT2D eigenvalue weighted by molar-refractivity contribution is -0.136. The predicted molar refractivity (Wildman–Crippen MR) is 74.3 cm³/mol. The topological polar surface area (TPSA) is 85.2 Å². The molecule has 110 valence electrons. The average Bonchev–Trinajstić information content (AvgIpc) is 2.40. The largest absolute Gasteiger partial charge is 0.461 e. The Balaban J connectivity index is 4.75. The van der Waals surface area contributed by atoms with Crippen LogP contribution >= 0.6 is 11.8 Å². The first kappa shape index (κ1) is 17.9. The van der Waals surface area contributed by atoms with E-state index in [0.29, 0.717) is 12.4 Å². The molecule has 0 radical (unpaired) electrons. The number of esters is 1. The van der Waals surface area contributed by atoms with Gasteiger partial charge in [0.25, 0.3) is 0 Å². The molecule has 19 heavy (non-hydrogen) atoms. The number of carbonyl (C=O) groups is 2. The molecule has 0 aliphatic heterocycles. The van der Waals surface area contributed by atoms with Crippen LogP contribution in [0.25, 0.3) is 0 Å². The standard InChI is InChI=1S/C12H21NO5S/c1-4-7-18-13-10(12(16)17-5-2)11(15)9(3)19-8-6-14/h9,14H,4-8H2,1-3H3. The van der Waals surface area contributed by atoms with Gasteiger partial charge in [0.15, 0.2) is 0 Å². The molecular weight excluding hydrogens is 270 g/mol. The molecule has 7 heteroatoms. The number of carbonyl (C=O) groups excluding carboxylic acids is 2. The Morgan fingerprint density at radius 3 is 2.58 bits per heavy atom. The van der Waals surface area contributed by atoms with Crippen LogP contribution in [-0.4, -0.2) is 53.4 Å². The maximum Gasteiger partial charge on any atom is 0.364 e. The maximum atomic E-state index is 12.0. The highest BCUT2D eigenvalue weighted by atomic mass is 32.2. The van der Waals surface area contributed by atoms with Crippen molar-refractivity contribution in [3.05, 3.63) is 0 Å². The molecule has 0 fully saturated rings. The van der Waals surface area contributed by atoms with Gasteiger partial charge in [0, 0.05) is 5.75 Å². The maximum absolute atomic E-state index is 12.0. The number of nitrogens with zero attached hydrogens (tertiary/aromatic N) is 1. The number of ketones is 1. The molecule has 0 aliphatic carbocycles. The van der Waals surface area contributed by atoms with Crippen LogP contribution in [0.15, 0.2) is 5.16 Å². The van der Waals surface area contributed by atoms with E-state index in [4.69, 9.17) is 14.7 Å². The van der Waals surface area contributed by atoms with Crippen LogP contribution in [0.1, 0.15) is 27.2 Å². The van der Waals surface area contributed by atoms with E-state index in [9.17, 15) is 9.59 Å². The molecule has 0 aromatic rings. The van der Waals surface area contributed by atoms with Crippen LogP contribution in [0.3, 0.4) is 0 Å². The van der Waals surface area contributed by atoms with Gasteiger partial charge in [0.05, 0.1) is 18.5 Å². The number of thioether (sulfide) groups is 1. The Morgan fingerprint density at radius 2 is 2.05 bits per heavy atom. The summed E-state index contributed by atoms with van der Waals surface area (Å²) in [6.45, 7) is 5.65. The SMILES string of the molecule is CCCON=C(C(=O)OCC)C(=O)C(C)SCCO. The van der Waals surface area contributed by atoms with Gasteiger partial charge in [-0.05, 0) is 20.3 Å². The van der Waals surface area contributed by atoms with E-state index in [2.05, 4.69) is 5.16 Å². The minimum atomic E-state index is -0.778. The number of ether oxygens (including phenoxy) is 1. The second kappa shape index (κ2) is 10.8. The molecule has 0 aromatic heterocycles. The molecule has 0 saturated carbocycles. The van der Waals surface area contributed by atoms with Gasteiger partial charge >= 0.3 is 5.97 Å². The monoisotopic (exact) mass is 291 g/mol. The lowest BCUT2D eigenvalue weighted by Gasteiger charge is -2.10. The van der Waals surface area contributed by atoms with Gasteiger partial charge in [-0.3, -0.25) is 4.79 Å². The number of hydrogen-bond donors (Lipinski definition) is 1. The Bertz CT molecular complexity index is 319. The van der Waals surface area contributed by atoms with E-state index < -0.39 is 17.0 Å². The van der Waals surface area contributed by atoms with Crippen molar-refractivity contribution >= 4 is 29.2 Å². The van der Waals surface area contributed by atoms with E-state index in [1.807, 2.05) is 6.92 Å². The van der Waals surface area contributed by atoms with Crippen molar-refractivity contribution < 1.29 is 24.3 Å². The second-order valence-electron chi connectivity index (χ2n) is 3.59. The van der Waals surface area contributed by atoms with Crippen LogP contribution in [0, 0.1) is 0 Å². The molecule has 1 atom stereocenters. The number of aliphatic hydroxyl groups excluding tert-OH is 1. The molecule has 0 aliphatic rings. The Hall–Kier alpha value is -1.08. The van der Waals surface area contributed by atoms with Crippen molar-refractivity contribution in [3.63, 3.8) is 0 Å². The fourth-order valence-corrected chi connectivity index (χ4v) is 1.80. The zero-order valence-electron chi connectivity index (χ0n) is 11.5. The highest BCUT2D eigenvalue weighted by Crippen LogP contribution is 2.12. The van der Waals surface area contributed by atoms with Gasteiger partial charge in [0.1, 0.15) is 6.61 Å². The van der Waals surface area contributed by atoms with Crippen LogP contribution in [-0.2, 0) is 19.2 Å². The molecule has 0 spiro atoms. The molecule has 0 amide bonds. The molecule has 0 bridgehead atoms. The summed E-state index contributed by atoms with van der Waals surface area (Å²) >= 11 is 1.24. The normalized spacial score (nSPS) is 12.9. The summed E-state index contributed by atoms with van der Waals surface area (Å²) in [4.78, 5) is 28.6. The number of aliphatic hydroxyl groups is 1. The summed E-state index contributed by atoms with van der Waals surface area (Å²) in [7, 11) is 0. The summed E-state index contributed by atoms with van der Waals surface area (Å²) < 4.78 is 4.78. The Labute approximate surface area is 117 Å². The van der Waals surface area contributed by atoms with Gasteiger partial charge in [-0.1, -0.05) is 12.1 Å². The first-order valence-corrected chi connectivity index (χ1v) is 7.27. The zero-order valence-corrected chi connectivity index (χ0v) is 12.4. The van der Waals surface area contributed by atoms with Gasteiger partial charge in [-0.15, -0.1) is 11.8 Å². The fourth-order valence-electron chi connectivity index (χ4n) is 1.08. The minimum Gasteiger partial charge on any atom is -0.461 e. The van der Waals surface area contributed by atoms with Crippen LogP contribution in [0.2, 0.25) is 0 Å². The number of Topliss-reactive ketones (excluding diaryl/α,β-unsaturated/α-hetero) is 1. The van der Waals surface area contributed by atoms with Crippen molar-refractivity contribution in [3.8, 4) is 0 Å². The first-order valence-electron chi connectivity index (χ1n) is 6.22. The van der Waals surface area contributed by atoms with E-state index >= 15 is 0 Å². The molecular formula is C12H21NO5S. The summed E-state index contributed by atoms with van der Waals surface area (Å²) in [6.07, 6.45) is 0.725. The zero-order chi connectivity index (χ0) is 14.7. The third-order valence-electron chi connectivity index (χ3n) is 1.98. The highest BCUT2D eigenvalue weighted by molar-refractivity contribution is 8.00. The smallest absolute Gasteiger partial charge is 0.364 e. The third kappa shape index (κ3) is 7.17. The second-order valence-corrected chi connectivity index (χ2v) is 5.04. The fraction of sp³-hybridized carbons (Fsp3) is 0.750. The predicted octanol–water partition coefficient (Wildman–Crippen LogP) is 1.02. The van der Waals surface area contributed by atoms with Gasteiger partial charge < -0.3 is 14.7 Å². The lowest BCUT2D eigenvalue weighted by Crippen LogP contribution is -2.32. The summed E-state index contributed by atoms with van der Waals surface area (Å²) in [5.74, 6) is -0.813. The van der Waals surface area contributed by atoms with Gasteiger partial charge in [-0.2, -0.15) is 0 Å². The van der Waals surface area contributed by atoms with Crippen LogP contribution in [0.4, 0.5) is 0 Å². The van der Waals surface area contributed by atoms with Crippen LogP contribution < -0.4 is 0 Å². The molecule has 1 N–H and O–H groups in total. The molecule has 0 aromatic carbocycles. The molecule has 0 saturated heterocycles. The van der Waals surface area contributed by atoms with E-state index in [0.717, 1.165) is 6.42 Å². The van der Waals surface area contributed by atoms with Crippen molar-refractivity contribution in [2.75, 3.05) is 25.6 Å². The number of oxime groups is 1. The van der Waals surface area contributed by atoms with E-state index in [1.54, 1.807) is 13.8 Å². The van der Waals surface area contributed by atoms with Crippen LogP contribution in [0.5, 0.6) is 0 Å². The summed E-state index contributed by atoms with van der Waals surface area (Å²) in [6, 6.07) is 0. The summed E-state index contributed by atoms with van der Waals surface area (Å²) in [5, 5.41) is 11.8. The lowest BCUT2D eigenvalue weighted by atomic mass is 10.2. The highest BCUT2D eigenvalue weighted by Gasteiger charge is 2.27. The molecule has 0 heterocycles. The van der Waals surface area contributed by atoms with Crippen molar-refractivity contribution in [1.29, 1.82) is 0 Å². The van der Waals surface area contributed by atoms with Crippen molar-refractivity contribution in [1.82, 2.24) is 0 Å². The van der Waals surface area contributed by atoms with Gasteiger partial charge in [0.2, 0.25) is 11.5 Å². The minimum absolute atomic E-state index is 0.0273. The Kier molecular flexibility index (Phi) is 10.2. The summed E-state index contributed by atoms with van der Waals surface area (Å²) in [5.41, 5.74) is -0.326. The van der Waals surface area contributed by atoms with E-state index in [-0.39, 0.29) is 18.9 Å². The van der Waals surface area contributed by atoms with Gasteiger partial charge in [-0.25, -0.2) is 4.79 Å². The molecule has 0 rings (SSSR count). The van der Waals surface area contributed by atoms with E-state index in [1.165, 1.54) is 11.8 Å². The third-order valence-corrected chi connectivity index (χ3v) is 3.11. The number of hydrogen-bond acceptors (Lipinski definition) is 7. The quantitative estimate of drug-likeness (QED) is 0.213. The molecule has 1 unspecified atom stereocenters. The average molecular weight is 291 g/mol.